The highest BCUT2D eigenvalue weighted by molar-refractivity contribution is 7.80. The van der Waals surface area contributed by atoms with E-state index in [4.69, 9.17) is 12.2 Å². The van der Waals surface area contributed by atoms with Crippen molar-refractivity contribution < 1.29 is 5.21 Å². The first-order chi connectivity index (χ1) is 8.27. The molecule has 1 N–H and O–H groups in total. The van der Waals surface area contributed by atoms with Crippen LogP contribution < -0.4 is 5.06 Å². The molecule has 2 nitrogen and oxygen atoms in total. The highest BCUT2D eigenvalue weighted by Gasteiger charge is 2.08. The number of benzene rings is 2. The number of hydrogen-bond acceptors (Lipinski definition) is 2. The van der Waals surface area contributed by atoms with Gasteiger partial charge in [0.2, 0.25) is 0 Å². The Labute approximate surface area is 106 Å². The van der Waals surface area contributed by atoms with Crippen LogP contribution in [0.1, 0.15) is 5.56 Å². The van der Waals surface area contributed by atoms with Gasteiger partial charge in [-0.25, -0.2) is 5.06 Å². The van der Waals surface area contributed by atoms with Gasteiger partial charge in [-0.05, 0) is 17.7 Å². The van der Waals surface area contributed by atoms with Crippen molar-refractivity contribution >= 4 is 22.9 Å². The first-order valence-corrected chi connectivity index (χ1v) is 5.79. The van der Waals surface area contributed by atoms with Gasteiger partial charge >= 0.3 is 0 Å². The number of rotatable bonds is 3. The van der Waals surface area contributed by atoms with E-state index < -0.39 is 0 Å². The fourth-order valence-corrected chi connectivity index (χ4v) is 1.83. The van der Waals surface area contributed by atoms with Crippen molar-refractivity contribution in [3.05, 3.63) is 66.2 Å². The topological polar surface area (TPSA) is 23.5 Å². The SMILES string of the molecule is ON(C(=S)Cc1ccccc1)c1ccccc1. The van der Waals surface area contributed by atoms with Crippen LogP contribution in [0.15, 0.2) is 60.7 Å². The van der Waals surface area contributed by atoms with Gasteiger partial charge in [0, 0.05) is 6.42 Å². The first kappa shape index (κ1) is 11.8. The standard InChI is InChI=1S/C14H13NOS/c16-15(13-9-5-2-6-10-13)14(17)11-12-7-3-1-4-8-12/h1-10,16H,11H2. The molecular formula is C14H13NOS. The molecule has 0 atom stereocenters. The summed E-state index contributed by atoms with van der Waals surface area (Å²) in [7, 11) is 0. The highest BCUT2D eigenvalue weighted by Crippen LogP contribution is 2.13. The second-order valence-corrected chi connectivity index (χ2v) is 4.17. The summed E-state index contributed by atoms with van der Waals surface area (Å²) in [4.78, 5) is 0.488. The number of thiocarbonyl (C=S) groups is 1. The predicted molar refractivity (Wildman–Crippen MR) is 73.5 cm³/mol. The van der Waals surface area contributed by atoms with E-state index >= 15 is 0 Å². The molecule has 0 aliphatic rings. The van der Waals surface area contributed by atoms with Crippen molar-refractivity contribution in [2.75, 3.05) is 5.06 Å². The monoisotopic (exact) mass is 243 g/mol. The summed E-state index contributed by atoms with van der Waals surface area (Å²) in [6.07, 6.45) is 0.557. The van der Waals surface area contributed by atoms with E-state index in [-0.39, 0.29) is 0 Å². The van der Waals surface area contributed by atoms with Crippen LogP contribution in [0, 0.1) is 0 Å². The fraction of sp³-hybridized carbons (Fsp3) is 0.0714. The van der Waals surface area contributed by atoms with Gasteiger partial charge < -0.3 is 0 Å². The van der Waals surface area contributed by atoms with Gasteiger partial charge in [-0.1, -0.05) is 60.7 Å². The number of hydrogen-bond donors (Lipinski definition) is 1. The molecule has 0 heterocycles. The maximum atomic E-state index is 9.94. The van der Waals surface area contributed by atoms with E-state index in [1.54, 1.807) is 0 Å². The Balaban J connectivity index is 2.06. The minimum atomic E-state index is 0.488. The zero-order valence-electron chi connectivity index (χ0n) is 9.28. The first-order valence-electron chi connectivity index (χ1n) is 5.38. The summed E-state index contributed by atoms with van der Waals surface area (Å²) in [5.74, 6) is 0. The second-order valence-electron chi connectivity index (χ2n) is 3.70. The third-order valence-corrected chi connectivity index (χ3v) is 2.75. The Morgan fingerprint density at radius 2 is 1.47 bits per heavy atom. The lowest BCUT2D eigenvalue weighted by Gasteiger charge is -2.17. The Morgan fingerprint density at radius 1 is 0.941 bits per heavy atom. The van der Waals surface area contributed by atoms with Crippen molar-refractivity contribution in [2.24, 2.45) is 0 Å². The lowest BCUT2D eigenvalue weighted by Crippen LogP contribution is -2.26. The van der Waals surface area contributed by atoms with E-state index in [2.05, 4.69) is 0 Å². The molecule has 0 bridgehead atoms. The molecule has 0 spiro atoms. The van der Waals surface area contributed by atoms with E-state index in [1.165, 1.54) is 0 Å². The molecule has 0 fully saturated rings. The summed E-state index contributed by atoms with van der Waals surface area (Å²) in [6.45, 7) is 0. The van der Waals surface area contributed by atoms with Crippen LogP contribution in [-0.2, 0) is 6.42 Å². The van der Waals surface area contributed by atoms with Gasteiger partial charge in [-0.15, -0.1) is 0 Å². The number of hydroxylamine groups is 1. The van der Waals surface area contributed by atoms with Crippen molar-refractivity contribution in [1.29, 1.82) is 0 Å². The lowest BCUT2D eigenvalue weighted by atomic mass is 10.1. The lowest BCUT2D eigenvalue weighted by molar-refractivity contribution is 0.313. The van der Waals surface area contributed by atoms with E-state index in [0.29, 0.717) is 17.1 Å². The molecule has 0 saturated heterocycles. The Bertz CT molecular complexity index is 484. The zero-order valence-corrected chi connectivity index (χ0v) is 10.1. The van der Waals surface area contributed by atoms with Crippen LogP contribution >= 0.6 is 12.2 Å². The number of nitrogens with zero attached hydrogens (tertiary/aromatic N) is 1. The third kappa shape index (κ3) is 3.12. The van der Waals surface area contributed by atoms with Gasteiger partial charge in [-0.2, -0.15) is 0 Å². The van der Waals surface area contributed by atoms with Crippen molar-refractivity contribution in [1.82, 2.24) is 0 Å². The molecule has 3 heteroatoms. The fourth-order valence-electron chi connectivity index (χ4n) is 1.56. The third-order valence-electron chi connectivity index (χ3n) is 2.44. The van der Waals surface area contributed by atoms with E-state index in [0.717, 1.165) is 10.6 Å². The van der Waals surface area contributed by atoms with E-state index in [1.807, 2.05) is 60.7 Å². The Morgan fingerprint density at radius 3 is 2.06 bits per heavy atom. The summed E-state index contributed by atoms with van der Waals surface area (Å²) in [5.41, 5.74) is 1.78. The molecule has 2 rings (SSSR count). The zero-order chi connectivity index (χ0) is 12.1. The largest absolute Gasteiger partial charge is 0.283 e. The normalized spacial score (nSPS) is 9.94. The molecule has 0 amide bonds. The molecule has 0 aliphatic heterocycles. The van der Waals surface area contributed by atoms with Crippen molar-refractivity contribution in [3.8, 4) is 0 Å². The maximum Gasteiger partial charge on any atom is 0.114 e. The van der Waals surface area contributed by atoms with E-state index in [9.17, 15) is 5.21 Å². The summed E-state index contributed by atoms with van der Waals surface area (Å²) >= 11 is 5.22. The van der Waals surface area contributed by atoms with Gasteiger partial charge in [0.05, 0.1) is 5.69 Å². The number of para-hydroxylation sites is 1. The summed E-state index contributed by atoms with van der Waals surface area (Å²) < 4.78 is 0. The average Bonchev–Trinajstić information content (AvgIpc) is 2.40. The van der Waals surface area contributed by atoms with Crippen LogP contribution in [0.2, 0.25) is 0 Å². The van der Waals surface area contributed by atoms with Gasteiger partial charge in [0.1, 0.15) is 4.99 Å². The van der Waals surface area contributed by atoms with Crippen molar-refractivity contribution in [2.45, 2.75) is 6.42 Å². The molecule has 0 aliphatic carbocycles. The molecule has 0 radical (unpaired) electrons. The van der Waals surface area contributed by atoms with Crippen LogP contribution in [0.5, 0.6) is 0 Å². The summed E-state index contributed by atoms with van der Waals surface area (Å²) in [6, 6.07) is 19.1. The molecular weight excluding hydrogens is 230 g/mol. The van der Waals surface area contributed by atoms with Crippen molar-refractivity contribution in [3.63, 3.8) is 0 Å². The maximum absolute atomic E-state index is 9.94. The van der Waals surface area contributed by atoms with Gasteiger partial charge in [0.25, 0.3) is 0 Å². The molecule has 0 saturated carbocycles. The molecule has 2 aromatic carbocycles. The van der Waals surface area contributed by atoms with Gasteiger partial charge in [-0.3, -0.25) is 5.21 Å². The summed E-state index contributed by atoms with van der Waals surface area (Å²) in [5, 5.41) is 11.0. The average molecular weight is 243 g/mol. The highest BCUT2D eigenvalue weighted by atomic mass is 32.1. The molecule has 0 aromatic heterocycles. The van der Waals surface area contributed by atoms with Gasteiger partial charge in [0.15, 0.2) is 0 Å². The van der Waals surface area contributed by atoms with Crippen LogP contribution in [0.25, 0.3) is 0 Å². The Kier molecular flexibility index (Phi) is 3.85. The quantitative estimate of drug-likeness (QED) is 0.659. The Hall–Kier alpha value is -1.71. The van der Waals surface area contributed by atoms with Crippen LogP contribution in [0.4, 0.5) is 5.69 Å². The van der Waals surface area contributed by atoms with Crippen LogP contribution in [-0.4, -0.2) is 10.2 Å². The second kappa shape index (κ2) is 5.57. The number of anilines is 1. The minimum absolute atomic E-state index is 0.488. The molecule has 2 aromatic rings. The molecule has 86 valence electrons. The van der Waals surface area contributed by atoms with Crippen LogP contribution in [0.3, 0.4) is 0 Å². The smallest absolute Gasteiger partial charge is 0.114 e. The molecule has 0 unspecified atom stereocenters. The molecule has 17 heavy (non-hydrogen) atoms. The predicted octanol–water partition coefficient (Wildman–Crippen LogP) is 3.45. The minimum Gasteiger partial charge on any atom is -0.283 e.